The zero-order chi connectivity index (χ0) is 15.8. The average molecular weight is 309 g/mol. The molecule has 6 heteroatoms. The smallest absolute Gasteiger partial charge is 0.240 e. The molecule has 2 atom stereocenters. The molecule has 0 saturated carbocycles. The van der Waals surface area contributed by atoms with Crippen molar-refractivity contribution in [3.05, 3.63) is 23.8 Å². The van der Waals surface area contributed by atoms with Gasteiger partial charge in [-0.25, -0.2) is 0 Å². The van der Waals surface area contributed by atoms with E-state index in [1.807, 2.05) is 52.9 Å². The molecule has 0 aliphatic heterocycles. The third kappa shape index (κ3) is 3.33. The number of aryl methyl sites for hydroxylation is 1. The standard InChI is InChI=1S/C15H23N3O2S/c1-10(17-21(19)15(2,3)4)11-7-8-13-12(9-11)14(20-6)16-18(13)5/h7-10,17H,1-6H3/t10-,21?/m0/s1. The van der Waals surface area contributed by atoms with Crippen molar-refractivity contribution in [1.82, 2.24) is 14.5 Å². The number of ether oxygens (including phenoxy) is 1. The summed E-state index contributed by atoms with van der Waals surface area (Å²) in [6.07, 6.45) is 0. The van der Waals surface area contributed by atoms with Gasteiger partial charge in [0.25, 0.3) is 0 Å². The van der Waals surface area contributed by atoms with Crippen molar-refractivity contribution in [3.8, 4) is 5.88 Å². The summed E-state index contributed by atoms with van der Waals surface area (Å²) in [6.45, 7) is 7.87. The topological polar surface area (TPSA) is 62.1 Å². The highest BCUT2D eigenvalue weighted by molar-refractivity contribution is 7.90. The Morgan fingerprint density at radius 3 is 2.62 bits per heavy atom. The molecule has 0 aliphatic carbocycles. The molecule has 0 aliphatic rings. The van der Waals surface area contributed by atoms with Crippen LogP contribution in [0.15, 0.2) is 18.2 Å². The average Bonchev–Trinajstić information content (AvgIpc) is 2.73. The molecule has 1 aromatic heterocycles. The van der Waals surface area contributed by atoms with Crippen molar-refractivity contribution in [3.63, 3.8) is 0 Å². The predicted molar refractivity (Wildman–Crippen MR) is 86.7 cm³/mol. The molecule has 2 aromatic rings. The second kappa shape index (κ2) is 5.87. The Morgan fingerprint density at radius 1 is 1.38 bits per heavy atom. The van der Waals surface area contributed by atoms with E-state index in [0.717, 1.165) is 16.5 Å². The summed E-state index contributed by atoms with van der Waals surface area (Å²) in [6, 6.07) is 6.07. The minimum absolute atomic E-state index is 0.0145. The highest BCUT2D eigenvalue weighted by Gasteiger charge is 2.28. The fourth-order valence-electron chi connectivity index (χ4n) is 2.08. The van der Waals surface area contributed by atoms with Gasteiger partial charge >= 0.3 is 0 Å². The molecule has 0 saturated heterocycles. The van der Waals surface area contributed by atoms with Gasteiger partial charge in [0.05, 0.1) is 24.1 Å². The number of methoxy groups -OCH3 is 1. The van der Waals surface area contributed by atoms with E-state index in [0.29, 0.717) is 5.88 Å². The van der Waals surface area contributed by atoms with Crippen molar-refractivity contribution in [1.29, 1.82) is 0 Å². The Morgan fingerprint density at radius 2 is 2.05 bits per heavy atom. The molecule has 1 aromatic carbocycles. The first kappa shape index (κ1) is 16.1. The quantitative estimate of drug-likeness (QED) is 0.882. The maximum Gasteiger partial charge on any atom is 0.240 e. The summed E-state index contributed by atoms with van der Waals surface area (Å²) in [4.78, 5) is 0. The van der Waals surface area contributed by atoms with E-state index in [1.54, 1.807) is 11.8 Å². The maximum absolute atomic E-state index is 12.2. The molecule has 0 fully saturated rings. The van der Waals surface area contributed by atoms with Crippen LogP contribution in [0.1, 0.15) is 39.3 Å². The second-order valence-corrected chi connectivity index (χ2v) is 8.13. The molecular formula is C15H23N3O2S. The lowest BCUT2D eigenvalue weighted by atomic mass is 10.1. The molecule has 21 heavy (non-hydrogen) atoms. The Labute approximate surface area is 129 Å². The normalized spacial score (nSPS) is 15.2. The van der Waals surface area contributed by atoms with Crippen LogP contribution in [0.4, 0.5) is 0 Å². The first-order chi connectivity index (χ1) is 9.74. The summed E-state index contributed by atoms with van der Waals surface area (Å²) >= 11 is -1.11. The maximum atomic E-state index is 12.2. The number of fused-ring (bicyclic) bond motifs is 1. The summed E-state index contributed by atoms with van der Waals surface area (Å²) in [5.74, 6) is 0.610. The number of aromatic nitrogens is 2. The van der Waals surface area contributed by atoms with Gasteiger partial charge in [-0.2, -0.15) is 0 Å². The Hall–Kier alpha value is -1.24. The number of hydrogen-bond acceptors (Lipinski definition) is 4. The first-order valence-electron chi connectivity index (χ1n) is 6.92. The monoisotopic (exact) mass is 309 g/mol. The molecule has 0 radical (unpaired) electrons. The van der Waals surface area contributed by atoms with Gasteiger partial charge in [-0.1, -0.05) is 6.07 Å². The summed E-state index contributed by atoms with van der Waals surface area (Å²) in [7, 11) is 3.51. The summed E-state index contributed by atoms with van der Waals surface area (Å²) in [5.41, 5.74) is 2.08. The molecule has 1 N–H and O–H groups in total. The van der Waals surface area contributed by atoms with Crippen molar-refractivity contribution >= 4 is 22.3 Å². The number of benzene rings is 1. The van der Waals surface area contributed by atoms with Crippen LogP contribution >= 0.6 is 0 Å². The summed E-state index contributed by atoms with van der Waals surface area (Å²) in [5, 5.41) is 5.29. The highest BCUT2D eigenvalue weighted by Crippen LogP contribution is 2.28. The molecular weight excluding hydrogens is 286 g/mol. The van der Waals surface area contributed by atoms with Crippen molar-refractivity contribution < 1.29 is 9.29 Å². The van der Waals surface area contributed by atoms with Gasteiger partial charge in [0.2, 0.25) is 5.88 Å². The van der Waals surface area contributed by atoms with E-state index in [1.165, 1.54) is 0 Å². The van der Waals surface area contributed by atoms with Crippen LogP contribution in [-0.2, 0) is 18.4 Å². The van der Waals surface area contributed by atoms with E-state index in [4.69, 9.17) is 4.74 Å². The van der Waals surface area contributed by atoms with E-state index in [2.05, 4.69) is 9.82 Å². The van der Waals surface area contributed by atoms with Crippen molar-refractivity contribution in [2.24, 2.45) is 7.05 Å². The van der Waals surface area contributed by atoms with Crippen LogP contribution in [0.2, 0.25) is 0 Å². The van der Waals surface area contributed by atoms with Crippen LogP contribution < -0.4 is 9.46 Å². The van der Waals surface area contributed by atoms with Gasteiger partial charge in [0.1, 0.15) is 4.75 Å². The SMILES string of the molecule is COc1nn(C)c2ccc([C@H](C)N[S+]([O-])C(C)(C)C)cc12. The van der Waals surface area contributed by atoms with Gasteiger partial charge in [-0.15, -0.1) is 9.82 Å². The van der Waals surface area contributed by atoms with Gasteiger partial charge in [-0.3, -0.25) is 4.68 Å². The number of nitrogens with one attached hydrogen (secondary N) is 1. The summed E-state index contributed by atoms with van der Waals surface area (Å²) < 4.78 is 22.2. The minimum atomic E-state index is -1.11. The number of nitrogens with zero attached hydrogens (tertiary/aromatic N) is 2. The highest BCUT2D eigenvalue weighted by atomic mass is 32.2. The predicted octanol–water partition coefficient (Wildman–Crippen LogP) is 2.69. The number of hydrogen-bond donors (Lipinski definition) is 1. The Balaban J connectivity index is 2.30. The molecule has 5 nitrogen and oxygen atoms in total. The van der Waals surface area contributed by atoms with Gasteiger partial charge in [0.15, 0.2) is 0 Å². The van der Waals surface area contributed by atoms with E-state index in [-0.39, 0.29) is 10.8 Å². The van der Waals surface area contributed by atoms with E-state index in [9.17, 15) is 4.55 Å². The van der Waals surface area contributed by atoms with Gasteiger partial charge < -0.3 is 9.29 Å². The second-order valence-electron chi connectivity index (χ2n) is 6.13. The Kier molecular flexibility index (Phi) is 4.51. The first-order valence-corrected chi connectivity index (χ1v) is 8.07. The molecule has 0 spiro atoms. The molecule has 2 rings (SSSR count). The van der Waals surface area contributed by atoms with E-state index >= 15 is 0 Å². The van der Waals surface area contributed by atoms with Crippen molar-refractivity contribution in [2.45, 2.75) is 38.5 Å². The van der Waals surface area contributed by atoms with Crippen LogP contribution in [0.25, 0.3) is 10.9 Å². The molecule has 0 bridgehead atoms. The fourth-order valence-corrected chi connectivity index (χ4v) is 2.89. The third-order valence-corrected chi connectivity index (χ3v) is 5.05. The Bertz CT molecular complexity index is 634. The van der Waals surface area contributed by atoms with Crippen LogP contribution in [0.3, 0.4) is 0 Å². The van der Waals surface area contributed by atoms with E-state index < -0.39 is 11.4 Å². The third-order valence-electron chi connectivity index (χ3n) is 3.37. The molecule has 0 amide bonds. The fraction of sp³-hybridized carbons (Fsp3) is 0.533. The van der Waals surface area contributed by atoms with Crippen LogP contribution in [0, 0.1) is 0 Å². The van der Waals surface area contributed by atoms with Crippen molar-refractivity contribution in [2.75, 3.05) is 7.11 Å². The molecule has 1 unspecified atom stereocenters. The molecule has 116 valence electrons. The van der Waals surface area contributed by atoms with Crippen LogP contribution in [0.5, 0.6) is 5.88 Å². The number of rotatable bonds is 4. The lowest BCUT2D eigenvalue weighted by Crippen LogP contribution is -2.40. The van der Waals surface area contributed by atoms with Gasteiger partial charge in [-0.05, 0) is 45.4 Å². The minimum Gasteiger partial charge on any atom is -0.598 e. The lowest BCUT2D eigenvalue weighted by Gasteiger charge is -2.26. The zero-order valence-corrected chi connectivity index (χ0v) is 14.2. The molecule has 1 heterocycles. The van der Waals surface area contributed by atoms with Crippen LogP contribution in [-0.4, -0.2) is 26.2 Å². The lowest BCUT2D eigenvalue weighted by molar-refractivity contribution is 0.396. The zero-order valence-electron chi connectivity index (χ0n) is 13.4. The largest absolute Gasteiger partial charge is 0.598 e. The van der Waals surface area contributed by atoms with Gasteiger partial charge in [0, 0.05) is 18.4 Å².